The van der Waals surface area contributed by atoms with Gasteiger partial charge in [0.05, 0.1) is 40.1 Å². The highest BCUT2D eigenvalue weighted by Gasteiger charge is 2.10. The summed E-state index contributed by atoms with van der Waals surface area (Å²) >= 11 is 0. The molecular weight excluding hydrogens is 276 g/mol. The molecule has 1 saturated heterocycles. The lowest BCUT2D eigenvalue weighted by molar-refractivity contribution is -0.831. The van der Waals surface area contributed by atoms with Crippen LogP contribution in [0.15, 0.2) is 36.5 Å². The van der Waals surface area contributed by atoms with E-state index in [0.717, 1.165) is 38.4 Å². The zero-order chi connectivity index (χ0) is 15.8. The summed E-state index contributed by atoms with van der Waals surface area (Å²) in [6, 6.07) is 9.34. The maximum absolute atomic E-state index is 12.2. The maximum atomic E-state index is 12.2. The third kappa shape index (κ3) is 5.53. The van der Waals surface area contributed by atoms with Crippen LogP contribution in [0, 0.1) is 11.8 Å². The van der Waals surface area contributed by atoms with Gasteiger partial charge in [-0.2, -0.15) is 0 Å². The van der Waals surface area contributed by atoms with Crippen LogP contribution in [0.5, 0.6) is 0 Å². The van der Waals surface area contributed by atoms with Crippen molar-refractivity contribution >= 4 is 5.76 Å². The molecule has 0 N–H and O–H groups in total. The number of quaternary nitrogens is 1. The van der Waals surface area contributed by atoms with Crippen molar-refractivity contribution in [3.05, 3.63) is 42.1 Å². The van der Waals surface area contributed by atoms with Crippen molar-refractivity contribution in [2.75, 3.05) is 53.5 Å². The Hall–Kier alpha value is -1.80. The van der Waals surface area contributed by atoms with Crippen molar-refractivity contribution < 1.29 is 14.3 Å². The SMILES string of the molecule is C[N+](C)(/C=C(\[O-])c1ccccc1)CC#CCN1CCOCC1. The van der Waals surface area contributed by atoms with Gasteiger partial charge in [0.15, 0.2) is 0 Å². The van der Waals surface area contributed by atoms with E-state index in [1.807, 2.05) is 44.4 Å². The van der Waals surface area contributed by atoms with Crippen LogP contribution < -0.4 is 5.11 Å². The molecule has 1 aromatic carbocycles. The fourth-order valence-electron chi connectivity index (χ4n) is 2.23. The quantitative estimate of drug-likeness (QED) is 0.468. The van der Waals surface area contributed by atoms with Gasteiger partial charge in [-0.3, -0.25) is 9.38 Å². The van der Waals surface area contributed by atoms with Crippen molar-refractivity contribution in [2.45, 2.75) is 0 Å². The zero-order valence-corrected chi connectivity index (χ0v) is 13.4. The average Bonchev–Trinajstić information content (AvgIpc) is 2.53. The van der Waals surface area contributed by atoms with Crippen molar-refractivity contribution in [3.8, 4) is 11.8 Å². The largest absolute Gasteiger partial charge is 0.868 e. The van der Waals surface area contributed by atoms with E-state index >= 15 is 0 Å². The van der Waals surface area contributed by atoms with Gasteiger partial charge < -0.3 is 9.84 Å². The Labute approximate surface area is 133 Å². The van der Waals surface area contributed by atoms with E-state index in [1.165, 1.54) is 0 Å². The summed E-state index contributed by atoms with van der Waals surface area (Å²) < 4.78 is 5.77. The molecule has 1 heterocycles. The number of rotatable bonds is 4. The monoisotopic (exact) mass is 300 g/mol. The molecule has 0 aromatic heterocycles. The molecule has 0 atom stereocenters. The second-order valence-electron chi connectivity index (χ2n) is 6.04. The van der Waals surface area contributed by atoms with Gasteiger partial charge in [-0.15, -0.1) is 0 Å². The van der Waals surface area contributed by atoms with Crippen LogP contribution in [0.4, 0.5) is 0 Å². The summed E-state index contributed by atoms with van der Waals surface area (Å²) in [4.78, 5) is 2.29. The Bertz CT molecular complexity index is 549. The zero-order valence-electron chi connectivity index (χ0n) is 13.4. The van der Waals surface area contributed by atoms with E-state index in [4.69, 9.17) is 4.74 Å². The highest BCUT2D eigenvalue weighted by atomic mass is 16.5. The number of hydrogen-bond acceptors (Lipinski definition) is 3. The predicted octanol–water partition coefficient (Wildman–Crippen LogP) is 0.757. The lowest BCUT2D eigenvalue weighted by atomic mass is 10.2. The Morgan fingerprint density at radius 3 is 2.59 bits per heavy atom. The first-order valence-corrected chi connectivity index (χ1v) is 7.61. The first-order chi connectivity index (χ1) is 10.6. The Morgan fingerprint density at radius 2 is 1.91 bits per heavy atom. The minimum absolute atomic E-state index is 0.0422. The predicted molar refractivity (Wildman–Crippen MR) is 86.4 cm³/mol. The van der Waals surface area contributed by atoms with Gasteiger partial charge in [-0.25, -0.2) is 0 Å². The van der Waals surface area contributed by atoms with Gasteiger partial charge in [0.25, 0.3) is 0 Å². The molecule has 0 amide bonds. The lowest BCUT2D eigenvalue weighted by Gasteiger charge is -2.26. The maximum Gasteiger partial charge on any atom is 0.144 e. The number of nitrogens with zero attached hydrogens (tertiary/aromatic N) is 2. The average molecular weight is 300 g/mol. The highest BCUT2D eigenvalue weighted by molar-refractivity contribution is 5.55. The molecule has 0 unspecified atom stereocenters. The van der Waals surface area contributed by atoms with Gasteiger partial charge >= 0.3 is 0 Å². The second kappa shape index (κ2) is 8.00. The molecule has 0 spiro atoms. The molecule has 2 rings (SSSR count). The molecular formula is C18H24N2O2. The normalized spacial score (nSPS) is 16.9. The molecule has 1 fully saturated rings. The van der Waals surface area contributed by atoms with Gasteiger partial charge in [0.1, 0.15) is 6.54 Å². The summed E-state index contributed by atoms with van der Waals surface area (Å²) in [5.41, 5.74) is 0.718. The highest BCUT2D eigenvalue weighted by Crippen LogP contribution is 2.10. The number of hydrogen-bond donors (Lipinski definition) is 0. The van der Waals surface area contributed by atoms with Crippen LogP contribution in [0.3, 0.4) is 0 Å². The summed E-state index contributed by atoms with van der Waals surface area (Å²) in [5.74, 6) is 6.43. The molecule has 22 heavy (non-hydrogen) atoms. The Morgan fingerprint density at radius 1 is 1.23 bits per heavy atom. The van der Waals surface area contributed by atoms with Crippen LogP contribution in [0.25, 0.3) is 5.76 Å². The topological polar surface area (TPSA) is 35.5 Å². The third-order valence-corrected chi connectivity index (χ3v) is 3.54. The summed E-state index contributed by atoms with van der Waals surface area (Å²) in [7, 11) is 3.98. The second-order valence-corrected chi connectivity index (χ2v) is 6.04. The summed E-state index contributed by atoms with van der Waals surface area (Å²) in [5, 5.41) is 12.2. The smallest absolute Gasteiger partial charge is 0.144 e. The molecule has 4 nitrogen and oxygen atoms in total. The third-order valence-electron chi connectivity index (χ3n) is 3.54. The minimum Gasteiger partial charge on any atom is -0.868 e. The number of morpholine rings is 1. The molecule has 118 valence electrons. The van der Waals surface area contributed by atoms with E-state index in [-0.39, 0.29) is 5.76 Å². The minimum atomic E-state index is 0.0422. The molecule has 1 aliphatic rings. The van der Waals surface area contributed by atoms with Gasteiger partial charge in [0.2, 0.25) is 0 Å². The molecule has 0 radical (unpaired) electrons. The van der Waals surface area contributed by atoms with Gasteiger partial charge in [-0.05, 0) is 17.2 Å². The van der Waals surface area contributed by atoms with E-state index in [2.05, 4.69) is 16.7 Å². The van der Waals surface area contributed by atoms with Crippen molar-refractivity contribution in [1.29, 1.82) is 0 Å². The fourth-order valence-corrected chi connectivity index (χ4v) is 2.23. The standard InChI is InChI=1S/C18H24N2O2/c1-20(2,16-18(21)17-8-4-3-5-9-17)13-7-6-10-19-11-14-22-15-12-19/h3-5,8-9,16H,10-15H2,1-2H3/b18-16-. The van der Waals surface area contributed by atoms with Crippen molar-refractivity contribution in [2.24, 2.45) is 0 Å². The first-order valence-electron chi connectivity index (χ1n) is 7.61. The van der Waals surface area contributed by atoms with Crippen LogP contribution >= 0.6 is 0 Å². The van der Waals surface area contributed by atoms with Crippen LogP contribution in [0.1, 0.15) is 5.56 Å². The van der Waals surface area contributed by atoms with Crippen LogP contribution in [-0.2, 0) is 4.74 Å². The van der Waals surface area contributed by atoms with Crippen molar-refractivity contribution in [3.63, 3.8) is 0 Å². The molecule has 4 heteroatoms. The van der Waals surface area contributed by atoms with Crippen LogP contribution in [-0.4, -0.2) is 62.9 Å². The van der Waals surface area contributed by atoms with E-state index in [1.54, 1.807) is 6.20 Å². The lowest BCUT2D eigenvalue weighted by Crippen LogP contribution is -2.37. The molecule has 1 aromatic rings. The van der Waals surface area contributed by atoms with Crippen LogP contribution in [0.2, 0.25) is 0 Å². The van der Waals surface area contributed by atoms with Crippen molar-refractivity contribution in [1.82, 2.24) is 4.90 Å². The van der Waals surface area contributed by atoms with E-state index in [9.17, 15) is 5.11 Å². The first kappa shape index (κ1) is 16.6. The number of ether oxygens (including phenoxy) is 1. The molecule has 1 aliphatic heterocycles. The molecule has 0 aliphatic carbocycles. The summed E-state index contributed by atoms with van der Waals surface area (Å²) in [6.45, 7) is 4.89. The van der Waals surface area contributed by atoms with Gasteiger partial charge in [0, 0.05) is 13.1 Å². The Kier molecular flexibility index (Phi) is 6.02. The summed E-state index contributed by atoms with van der Waals surface area (Å²) in [6.07, 6.45) is 1.72. The Balaban J connectivity index is 1.88. The molecule has 0 saturated carbocycles. The molecule has 0 bridgehead atoms. The number of benzene rings is 1. The fraction of sp³-hybridized carbons (Fsp3) is 0.444. The van der Waals surface area contributed by atoms with Gasteiger partial charge in [-0.1, -0.05) is 36.3 Å². The van der Waals surface area contributed by atoms with E-state index in [0.29, 0.717) is 11.0 Å². The van der Waals surface area contributed by atoms with E-state index < -0.39 is 0 Å².